The molecule has 1 aliphatic heterocycles. The highest BCUT2D eigenvalue weighted by Crippen LogP contribution is 2.12. The molecule has 0 spiro atoms. The quantitative estimate of drug-likeness (QED) is 0.687. The lowest BCUT2D eigenvalue weighted by Crippen LogP contribution is -1.92. The van der Waals surface area contributed by atoms with Gasteiger partial charge < -0.3 is 0 Å². The molecule has 0 bridgehead atoms. The minimum Gasteiger partial charge on any atom is -0.262 e. The zero-order valence-corrected chi connectivity index (χ0v) is 8.98. The molecular formula is C14H15N. The summed E-state index contributed by atoms with van der Waals surface area (Å²) in [6, 6.07) is 10.5. The molecule has 0 unspecified atom stereocenters. The van der Waals surface area contributed by atoms with Crippen molar-refractivity contribution in [3.05, 3.63) is 59.8 Å². The number of aliphatic imine (C=N–C) groups is 1. The predicted molar refractivity (Wildman–Crippen MR) is 65.1 cm³/mol. The van der Waals surface area contributed by atoms with Crippen LogP contribution in [0.2, 0.25) is 0 Å². The lowest BCUT2D eigenvalue weighted by atomic mass is 10.1. The molecule has 1 aromatic carbocycles. The number of rotatable bonds is 2. The van der Waals surface area contributed by atoms with Crippen molar-refractivity contribution < 1.29 is 0 Å². The first-order chi connectivity index (χ1) is 7.34. The molecule has 0 atom stereocenters. The van der Waals surface area contributed by atoms with Gasteiger partial charge in [-0.15, -0.1) is 0 Å². The van der Waals surface area contributed by atoms with Gasteiger partial charge in [-0.1, -0.05) is 42.5 Å². The minimum atomic E-state index is 0.919. The summed E-state index contributed by atoms with van der Waals surface area (Å²) in [6.45, 7) is 2.08. The van der Waals surface area contributed by atoms with Gasteiger partial charge >= 0.3 is 0 Å². The van der Waals surface area contributed by atoms with E-state index in [1.807, 2.05) is 6.07 Å². The number of hydrogen-bond donors (Lipinski definition) is 0. The van der Waals surface area contributed by atoms with Crippen molar-refractivity contribution in [2.75, 3.05) is 0 Å². The molecule has 1 aliphatic rings. The highest BCUT2D eigenvalue weighted by molar-refractivity contribution is 5.84. The minimum absolute atomic E-state index is 0.919. The van der Waals surface area contributed by atoms with E-state index in [4.69, 9.17) is 0 Å². The van der Waals surface area contributed by atoms with Crippen LogP contribution < -0.4 is 0 Å². The SMILES string of the molecule is CC1=NC(Cc2ccccc2)=CC=CC1. The lowest BCUT2D eigenvalue weighted by Gasteiger charge is -2.02. The van der Waals surface area contributed by atoms with Crippen LogP contribution in [-0.4, -0.2) is 5.71 Å². The Kier molecular flexibility index (Phi) is 3.13. The molecule has 76 valence electrons. The summed E-state index contributed by atoms with van der Waals surface area (Å²) in [5.41, 5.74) is 3.65. The van der Waals surface area contributed by atoms with Crippen LogP contribution in [0.5, 0.6) is 0 Å². The third-order valence-corrected chi connectivity index (χ3v) is 2.40. The average molecular weight is 197 g/mol. The highest BCUT2D eigenvalue weighted by atomic mass is 14.8. The Hall–Kier alpha value is -1.63. The Labute approximate surface area is 90.9 Å². The van der Waals surface area contributed by atoms with E-state index in [1.54, 1.807) is 0 Å². The van der Waals surface area contributed by atoms with Crippen LogP contribution in [0.15, 0.2) is 59.2 Å². The van der Waals surface area contributed by atoms with E-state index in [-0.39, 0.29) is 0 Å². The number of allylic oxidation sites excluding steroid dienone is 4. The largest absolute Gasteiger partial charge is 0.262 e. The van der Waals surface area contributed by atoms with Crippen molar-refractivity contribution in [2.45, 2.75) is 19.8 Å². The van der Waals surface area contributed by atoms with Crippen LogP contribution in [0.4, 0.5) is 0 Å². The molecule has 15 heavy (non-hydrogen) atoms. The summed E-state index contributed by atoms with van der Waals surface area (Å²) in [5.74, 6) is 0. The second kappa shape index (κ2) is 4.74. The van der Waals surface area contributed by atoms with Crippen molar-refractivity contribution in [3.8, 4) is 0 Å². The summed E-state index contributed by atoms with van der Waals surface area (Å²) >= 11 is 0. The van der Waals surface area contributed by atoms with E-state index < -0.39 is 0 Å². The van der Waals surface area contributed by atoms with Gasteiger partial charge in [0.25, 0.3) is 0 Å². The third kappa shape index (κ3) is 2.91. The maximum Gasteiger partial charge on any atom is 0.0446 e. The number of hydrogen-bond acceptors (Lipinski definition) is 1. The first-order valence-corrected chi connectivity index (χ1v) is 5.28. The first kappa shape index (κ1) is 9.91. The maximum absolute atomic E-state index is 4.59. The van der Waals surface area contributed by atoms with E-state index in [9.17, 15) is 0 Å². The molecule has 0 saturated heterocycles. The Morgan fingerprint density at radius 1 is 1.20 bits per heavy atom. The van der Waals surface area contributed by atoms with Gasteiger partial charge in [-0.3, -0.25) is 4.99 Å². The van der Waals surface area contributed by atoms with E-state index in [1.165, 1.54) is 11.3 Å². The number of nitrogens with zero attached hydrogens (tertiary/aromatic N) is 1. The van der Waals surface area contributed by atoms with Gasteiger partial charge in [0, 0.05) is 24.3 Å². The van der Waals surface area contributed by atoms with Gasteiger partial charge in [-0.2, -0.15) is 0 Å². The van der Waals surface area contributed by atoms with Gasteiger partial charge in [0.05, 0.1) is 0 Å². The fourth-order valence-electron chi connectivity index (χ4n) is 1.65. The average Bonchev–Trinajstić information content (AvgIpc) is 2.44. The van der Waals surface area contributed by atoms with Gasteiger partial charge in [0.15, 0.2) is 0 Å². The fourth-order valence-corrected chi connectivity index (χ4v) is 1.65. The van der Waals surface area contributed by atoms with Crippen molar-refractivity contribution in [2.24, 2.45) is 4.99 Å². The van der Waals surface area contributed by atoms with Crippen LogP contribution in [0.3, 0.4) is 0 Å². The number of benzene rings is 1. The molecule has 0 aliphatic carbocycles. The van der Waals surface area contributed by atoms with Gasteiger partial charge in [0.1, 0.15) is 0 Å². The molecule has 0 aromatic heterocycles. The molecule has 0 amide bonds. The summed E-state index contributed by atoms with van der Waals surface area (Å²) in [5, 5.41) is 0. The van der Waals surface area contributed by atoms with Crippen LogP contribution in [0.1, 0.15) is 18.9 Å². The summed E-state index contributed by atoms with van der Waals surface area (Å²) in [6.07, 6.45) is 8.23. The Balaban J connectivity index is 2.15. The van der Waals surface area contributed by atoms with Gasteiger partial charge in [-0.25, -0.2) is 0 Å². The molecule has 0 saturated carbocycles. The Morgan fingerprint density at radius 3 is 2.80 bits per heavy atom. The standard InChI is InChI=1S/C14H15N/c1-12-7-5-6-10-14(15-12)11-13-8-3-2-4-9-13/h2-6,8-10H,7,11H2,1H3. The van der Waals surface area contributed by atoms with Gasteiger partial charge in [-0.05, 0) is 18.6 Å². The summed E-state index contributed by atoms with van der Waals surface area (Å²) in [4.78, 5) is 4.59. The molecule has 2 rings (SSSR count). The summed E-state index contributed by atoms with van der Waals surface area (Å²) < 4.78 is 0. The molecule has 0 radical (unpaired) electrons. The summed E-state index contributed by atoms with van der Waals surface area (Å²) in [7, 11) is 0. The van der Waals surface area contributed by atoms with Crippen LogP contribution in [0.25, 0.3) is 0 Å². The van der Waals surface area contributed by atoms with Crippen molar-refractivity contribution >= 4 is 5.71 Å². The third-order valence-electron chi connectivity index (χ3n) is 2.40. The molecule has 0 N–H and O–H groups in total. The van der Waals surface area contributed by atoms with E-state index >= 15 is 0 Å². The van der Waals surface area contributed by atoms with Crippen LogP contribution in [0, 0.1) is 0 Å². The second-order valence-corrected chi connectivity index (χ2v) is 3.80. The zero-order chi connectivity index (χ0) is 10.5. The molecular weight excluding hydrogens is 182 g/mol. The smallest absolute Gasteiger partial charge is 0.0446 e. The Bertz CT molecular complexity index is 410. The molecule has 1 nitrogen and oxygen atoms in total. The highest BCUT2D eigenvalue weighted by Gasteiger charge is 2.00. The lowest BCUT2D eigenvalue weighted by molar-refractivity contribution is 1.10. The van der Waals surface area contributed by atoms with Gasteiger partial charge in [0.2, 0.25) is 0 Å². The molecule has 1 aromatic rings. The zero-order valence-electron chi connectivity index (χ0n) is 8.98. The van der Waals surface area contributed by atoms with Crippen molar-refractivity contribution in [1.82, 2.24) is 0 Å². The monoisotopic (exact) mass is 197 g/mol. The predicted octanol–water partition coefficient (Wildman–Crippen LogP) is 3.53. The first-order valence-electron chi connectivity index (χ1n) is 5.28. The van der Waals surface area contributed by atoms with Crippen molar-refractivity contribution in [3.63, 3.8) is 0 Å². The topological polar surface area (TPSA) is 12.4 Å². The van der Waals surface area contributed by atoms with Crippen molar-refractivity contribution in [1.29, 1.82) is 0 Å². The molecule has 1 heteroatoms. The normalized spacial score (nSPS) is 15.5. The second-order valence-electron chi connectivity index (χ2n) is 3.80. The van der Waals surface area contributed by atoms with E-state index in [2.05, 4.69) is 54.4 Å². The fraction of sp³-hybridized carbons (Fsp3) is 0.214. The van der Waals surface area contributed by atoms with Crippen LogP contribution >= 0.6 is 0 Å². The van der Waals surface area contributed by atoms with E-state index in [0.717, 1.165) is 18.5 Å². The Morgan fingerprint density at radius 2 is 2.00 bits per heavy atom. The molecule has 1 heterocycles. The molecule has 0 fully saturated rings. The van der Waals surface area contributed by atoms with Crippen LogP contribution in [-0.2, 0) is 6.42 Å². The van der Waals surface area contributed by atoms with E-state index in [0.29, 0.717) is 0 Å². The maximum atomic E-state index is 4.59.